The van der Waals surface area contributed by atoms with Crippen LogP contribution in [0.4, 0.5) is 0 Å². The van der Waals surface area contributed by atoms with Crippen molar-refractivity contribution in [2.45, 2.75) is 52.1 Å². The molecule has 0 spiro atoms. The molecule has 20 heavy (non-hydrogen) atoms. The zero-order chi connectivity index (χ0) is 14.7. The number of carbonyl (C=O) groups is 2. The van der Waals surface area contributed by atoms with Crippen LogP contribution in [0.25, 0.3) is 0 Å². The number of carbonyl (C=O) groups excluding carboxylic acids is 2. The van der Waals surface area contributed by atoms with Crippen LogP contribution in [-0.4, -0.2) is 71.3 Å². The van der Waals surface area contributed by atoms with Gasteiger partial charge < -0.3 is 9.80 Å². The van der Waals surface area contributed by atoms with Crippen LogP contribution in [-0.2, 0) is 9.59 Å². The lowest BCUT2D eigenvalue weighted by atomic mass is 10.2. The number of nitrogens with zero attached hydrogens (tertiary/aromatic N) is 3. The molecule has 0 bridgehead atoms. The zero-order valence-electron chi connectivity index (χ0n) is 13.0. The largest absolute Gasteiger partial charge is 0.340 e. The third kappa shape index (κ3) is 3.32. The van der Waals surface area contributed by atoms with Gasteiger partial charge in [-0.25, -0.2) is 0 Å². The molecule has 2 aliphatic rings. The Morgan fingerprint density at radius 1 is 1.00 bits per heavy atom. The molecule has 0 aliphatic carbocycles. The van der Waals surface area contributed by atoms with E-state index >= 15 is 0 Å². The molecule has 5 nitrogen and oxygen atoms in total. The Kier molecular flexibility index (Phi) is 5.02. The van der Waals surface area contributed by atoms with Crippen LogP contribution in [0.2, 0.25) is 0 Å². The van der Waals surface area contributed by atoms with Gasteiger partial charge in [0.05, 0.1) is 0 Å². The van der Waals surface area contributed by atoms with Crippen molar-refractivity contribution in [1.82, 2.24) is 14.7 Å². The van der Waals surface area contributed by atoms with Gasteiger partial charge in [0.15, 0.2) is 0 Å². The van der Waals surface area contributed by atoms with Crippen molar-refractivity contribution in [3.8, 4) is 0 Å². The van der Waals surface area contributed by atoms with E-state index in [2.05, 4.69) is 18.7 Å². The second-order valence-corrected chi connectivity index (χ2v) is 6.18. The smallest absolute Gasteiger partial charge is 0.245 e. The minimum atomic E-state index is -0.210. The van der Waals surface area contributed by atoms with E-state index < -0.39 is 0 Å². The monoisotopic (exact) mass is 281 g/mol. The Labute approximate surface area is 121 Å². The quantitative estimate of drug-likeness (QED) is 0.756. The van der Waals surface area contributed by atoms with Crippen LogP contribution >= 0.6 is 0 Å². The highest BCUT2D eigenvalue weighted by Crippen LogP contribution is 2.20. The Hall–Kier alpha value is -1.10. The molecule has 0 N–H and O–H groups in total. The molecule has 2 aliphatic heterocycles. The van der Waals surface area contributed by atoms with Crippen molar-refractivity contribution in [2.75, 3.05) is 32.7 Å². The van der Waals surface area contributed by atoms with Crippen molar-refractivity contribution in [2.24, 2.45) is 0 Å². The molecule has 5 heteroatoms. The molecule has 0 aromatic rings. The van der Waals surface area contributed by atoms with E-state index in [0.717, 1.165) is 52.0 Å². The van der Waals surface area contributed by atoms with E-state index in [9.17, 15) is 9.59 Å². The van der Waals surface area contributed by atoms with Crippen molar-refractivity contribution in [3.63, 3.8) is 0 Å². The predicted octanol–water partition coefficient (Wildman–Crippen LogP) is 0.940. The molecule has 2 fully saturated rings. The molecule has 2 amide bonds. The van der Waals surface area contributed by atoms with Crippen LogP contribution < -0.4 is 0 Å². The van der Waals surface area contributed by atoms with E-state index in [1.54, 1.807) is 11.8 Å². The molecule has 1 atom stereocenters. The Bertz CT molecular complexity index is 370. The van der Waals surface area contributed by atoms with E-state index in [0.29, 0.717) is 6.04 Å². The number of amides is 2. The molecule has 2 heterocycles. The van der Waals surface area contributed by atoms with Crippen LogP contribution in [0.15, 0.2) is 0 Å². The molecule has 0 saturated carbocycles. The molecule has 0 aromatic heterocycles. The lowest BCUT2D eigenvalue weighted by Gasteiger charge is -2.29. The molecule has 0 unspecified atom stereocenters. The molecule has 2 rings (SSSR count). The fourth-order valence-electron chi connectivity index (χ4n) is 3.29. The average Bonchev–Trinajstić information content (AvgIpc) is 2.75. The summed E-state index contributed by atoms with van der Waals surface area (Å²) >= 11 is 0. The summed E-state index contributed by atoms with van der Waals surface area (Å²) in [5.74, 6) is 0.183. The highest BCUT2D eigenvalue weighted by molar-refractivity contribution is 5.87. The standard InChI is InChI=1S/C15H27N3O2/c1-12(2)16-7-5-8-17(11-10-16)15(20)14-6-4-9-18(14)13(3)19/h12,14H,4-11H2,1-3H3/t14-/m1/s1. The first-order chi connectivity index (χ1) is 9.50. The van der Waals surface area contributed by atoms with Crippen LogP contribution in [0.5, 0.6) is 0 Å². The highest BCUT2D eigenvalue weighted by atomic mass is 16.2. The molecule has 114 valence electrons. The summed E-state index contributed by atoms with van der Waals surface area (Å²) in [6.07, 6.45) is 2.79. The minimum absolute atomic E-state index is 0.0273. The Balaban J connectivity index is 1.97. The summed E-state index contributed by atoms with van der Waals surface area (Å²) in [5, 5.41) is 0. The third-order valence-corrected chi connectivity index (χ3v) is 4.51. The maximum atomic E-state index is 12.7. The fraction of sp³-hybridized carbons (Fsp3) is 0.867. The summed E-state index contributed by atoms with van der Waals surface area (Å²) < 4.78 is 0. The topological polar surface area (TPSA) is 43.9 Å². The van der Waals surface area contributed by atoms with Gasteiger partial charge in [-0.15, -0.1) is 0 Å². The molecule has 2 saturated heterocycles. The van der Waals surface area contributed by atoms with Gasteiger partial charge in [0, 0.05) is 45.7 Å². The van der Waals surface area contributed by atoms with Crippen molar-refractivity contribution < 1.29 is 9.59 Å². The van der Waals surface area contributed by atoms with Gasteiger partial charge in [-0.05, 0) is 33.1 Å². The van der Waals surface area contributed by atoms with Gasteiger partial charge in [0.2, 0.25) is 11.8 Å². The first-order valence-electron chi connectivity index (χ1n) is 7.80. The van der Waals surface area contributed by atoms with Gasteiger partial charge in [-0.2, -0.15) is 0 Å². The summed E-state index contributed by atoms with van der Waals surface area (Å²) in [7, 11) is 0. The molecular weight excluding hydrogens is 254 g/mol. The summed E-state index contributed by atoms with van der Waals surface area (Å²) in [5.41, 5.74) is 0. The Morgan fingerprint density at radius 2 is 1.75 bits per heavy atom. The Morgan fingerprint density at radius 3 is 2.40 bits per heavy atom. The highest BCUT2D eigenvalue weighted by Gasteiger charge is 2.35. The average molecular weight is 281 g/mol. The fourth-order valence-corrected chi connectivity index (χ4v) is 3.29. The number of hydrogen-bond donors (Lipinski definition) is 0. The third-order valence-electron chi connectivity index (χ3n) is 4.51. The van der Waals surface area contributed by atoms with Gasteiger partial charge in [0.1, 0.15) is 6.04 Å². The van der Waals surface area contributed by atoms with Crippen LogP contribution in [0.1, 0.15) is 40.0 Å². The molecule has 0 aromatic carbocycles. The lowest BCUT2D eigenvalue weighted by molar-refractivity contribution is -0.142. The zero-order valence-corrected chi connectivity index (χ0v) is 13.0. The number of rotatable bonds is 2. The first kappa shape index (κ1) is 15.3. The minimum Gasteiger partial charge on any atom is -0.340 e. The number of likely N-dealkylation sites (tertiary alicyclic amines) is 1. The normalized spacial score (nSPS) is 25.1. The maximum absolute atomic E-state index is 12.7. The first-order valence-corrected chi connectivity index (χ1v) is 7.80. The van der Waals surface area contributed by atoms with Crippen molar-refractivity contribution >= 4 is 11.8 Å². The van der Waals surface area contributed by atoms with Crippen molar-refractivity contribution in [1.29, 1.82) is 0 Å². The predicted molar refractivity (Wildman–Crippen MR) is 78.3 cm³/mol. The van der Waals surface area contributed by atoms with E-state index in [4.69, 9.17) is 0 Å². The van der Waals surface area contributed by atoms with E-state index in [-0.39, 0.29) is 17.9 Å². The summed E-state index contributed by atoms with van der Waals surface area (Å²) in [4.78, 5) is 30.4. The van der Waals surface area contributed by atoms with Gasteiger partial charge >= 0.3 is 0 Å². The van der Waals surface area contributed by atoms with Gasteiger partial charge in [-0.3, -0.25) is 14.5 Å². The SMILES string of the molecule is CC(=O)N1CCC[C@@H]1C(=O)N1CCCN(C(C)C)CC1. The maximum Gasteiger partial charge on any atom is 0.245 e. The number of hydrogen-bond acceptors (Lipinski definition) is 3. The molecular formula is C15H27N3O2. The summed E-state index contributed by atoms with van der Waals surface area (Å²) in [6, 6.07) is 0.323. The van der Waals surface area contributed by atoms with Gasteiger partial charge in [-0.1, -0.05) is 0 Å². The van der Waals surface area contributed by atoms with Gasteiger partial charge in [0.25, 0.3) is 0 Å². The van der Waals surface area contributed by atoms with Crippen LogP contribution in [0, 0.1) is 0 Å². The summed E-state index contributed by atoms with van der Waals surface area (Å²) in [6.45, 7) is 10.3. The second-order valence-electron chi connectivity index (χ2n) is 6.18. The van der Waals surface area contributed by atoms with E-state index in [1.807, 2.05) is 4.90 Å². The second kappa shape index (κ2) is 6.57. The van der Waals surface area contributed by atoms with Crippen LogP contribution in [0.3, 0.4) is 0 Å². The molecule has 0 radical (unpaired) electrons. The lowest BCUT2D eigenvalue weighted by Crippen LogP contribution is -2.48. The van der Waals surface area contributed by atoms with Crippen molar-refractivity contribution in [3.05, 3.63) is 0 Å². The van der Waals surface area contributed by atoms with E-state index in [1.165, 1.54) is 0 Å².